The van der Waals surface area contributed by atoms with E-state index in [1.807, 2.05) is 6.26 Å². The maximum Gasteiger partial charge on any atom is 0.0838 e. The first-order chi connectivity index (χ1) is 9.29. The van der Waals surface area contributed by atoms with Crippen molar-refractivity contribution >= 4 is 23.5 Å². The van der Waals surface area contributed by atoms with E-state index in [1.165, 1.54) is 30.9 Å². The van der Waals surface area contributed by atoms with E-state index in [9.17, 15) is 0 Å². The minimum Gasteiger partial charge on any atom is -0.504 e. The molecule has 5 fully saturated rings. The summed E-state index contributed by atoms with van der Waals surface area (Å²) in [5.41, 5.74) is 3.16. The molecule has 5 rings (SSSR count). The lowest BCUT2D eigenvalue weighted by Crippen LogP contribution is -2.54. The SMILES string of the molecule is C/C=C1/CN2[C@H]3CC1/C(=C/OC)[C@@H]2CC31SCCS1. The van der Waals surface area contributed by atoms with Gasteiger partial charge >= 0.3 is 0 Å². The zero-order valence-electron chi connectivity index (χ0n) is 11.6. The van der Waals surface area contributed by atoms with Crippen LogP contribution in [0.2, 0.25) is 0 Å². The van der Waals surface area contributed by atoms with Gasteiger partial charge in [0.25, 0.3) is 0 Å². The van der Waals surface area contributed by atoms with Crippen molar-refractivity contribution < 1.29 is 4.74 Å². The monoisotopic (exact) mass is 295 g/mol. The second kappa shape index (κ2) is 4.47. The molecule has 4 bridgehead atoms. The first kappa shape index (κ1) is 12.7. The van der Waals surface area contributed by atoms with Crippen molar-refractivity contribution in [1.82, 2.24) is 4.90 Å². The van der Waals surface area contributed by atoms with Crippen molar-refractivity contribution in [2.45, 2.75) is 35.9 Å². The number of allylic oxidation sites excluding steroid dienone is 1. The molecule has 5 saturated heterocycles. The number of thioether (sulfide) groups is 2. The van der Waals surface area contributed by atoms with E-state index in [2.05, 4.69) is 41.4 Å². The molecule has 5 aliphatic heterocycles. The van der Waals surface area contributed by atoms with Crippen molar-refractivity contribution in [2.24, 2.45) is 5.92 Å². The molecule has 0 aliphatic carbocycles. The molecule has 0 saturated carbocycles. The van der Waals surface area contributed by atoms with E-state index in [0.29, 0.717) is 16.0 Å². The summed E-state index contributed by atoms with van der Waals surface area (Å²) >= 11 is 4.46. The standard InChI is InChI=1S/C15H21NOS2/c1-3-10-8-16-13-7-15(18-4-5-19-15)14(16)6-11(10)12(13)9-17-2/h3,9,11,13-14H,4-8H2,1-2H3/b10-3-,12-9-/t11?,13-,14-/m0/s1. The highest BCUT2D eigenvalue weighted by Crippen LogP contribution is 2.63. The maximum atomic E-state index is 5.40. The van der Waals surface area contributed by atoms with Gasteiger partial charge in [-0.1, -0.05) is 11.6 Å². The van der Waals surface area contributed by atoms with Gasteiger partial charge in [-0.3, -0.25) is 4.90 Å². The summed E-state index contributed by atoms with van der Waals surface area (Å²) in [5, 5.41) is 0. The third-order valence-electron chi connectivity index (χ3n) is 5.25. The molecule has 2 unspecified atom stereocenters. The number of nitrogens with zero attached hydrogens (tertiary/aromatic N) is 1. The Hall–Kier alpha value is -0.0600. The second-order valence-electron chi connectivity index (χ2n) is 5.92. The smallest absolute Gasteiger partial charge is 0.0838 e. The van der Waals surface area contributed by atoms with Crippen LogP contribution in [-0.2, 0) is 4.74 Å². The Labute approximate surface area is 124 Å². The van der Waals surface area contributed by atoms with Crippen LogP contribution in [0.4, 0.5) is 0 Å². The van der Waals surface area contributed by atoms with Crippen LogP contribution in [0.25, 0.3) is 0 Å². The number of fused-ring (bicyclic) bond motifs is 1. The van der Waals surface area contributed by atoms with Crippen molar-refractivity contribution in [3.63, 3.8) is 0 Å². The summed E-state index contributed by atoms with van der Waals surface area (Å²) in [6.45, 7) is 3.39. The molecule has 0 aromatic rings. The molecule has 0 aromatic carbocycles. The Morgan fingerprint density at radius 1 is 1.37 bits per heavy atom. The van der Waals surface area contributed by atoms with Gasteiger partial charge in [-0.25, -0.2) is 0 Å². The highest BCUT2D eigenvalue weighted by atomic mass is 32.2. The molecule has 0 N–H and O–H groups in total. The number of ether oxygens (including phenoxy) is 1. The van der Waals surface area contributed by atoms with Crippen LogP contribution < -0.4 is 0 Å². The predicted molar refractivity (Wildman–Crippen MR) is 83.5 cm³/mol. The van der Waals surface area contributed by atoms with Gasteiger partial charge in [0, 0.05) is 36.1 Å². The maximum absolute atomic E-state index is 5.40. The summed E-state index contributed by atoms with van der Waals surface area (Å²) in [6.07, 6.45) is 7.02. The van der Waals surface area contributed by atoms with Gasteiger partial charge in [0.1, 0.15) is 0 Å². The van der Waals surface area contributed by atoms with Gasteiger partial charge in [-0.2, -0.15) is 0 Å². The topological polar surface area (TPSA) is 12.5 Å². The van der Waals surface area contributed by atoms with Crippen LogP contribution in [0.1, 0.15) is 19.8 Å². The zero-order chi connectivity index (χ0) is 13.0. The molecule has 4 heteroatoms. The normalized spacial score (nSPS) is 46.6. The summed E-state index contributed by atoms with van der Waals surface area (Å²) in [4.78, 5) is 2.77. The molecule has 4 atom stereocenters. The van der Waals surface area contributed by atoms with E-state index in [1.54, 1.807) is 18.3 Å². The molecule has 0 amide bonds. The third-order valence-corrected chi connectivity index (χ3v) is 8.88. The summed E-state index contributed by atoms with van der Waals surface area (Å²) < 4.78 is 5.89. The lowest BCUT2D eigenvalue weighted by molar-refractivity contribution is 0.124. The quantitative estimate of drug-likeness (QED) is 0.544. The van der Waals surface area contributed by atoms with E-state index < -0.39 is 0 Å². The fourth-order valence-electron chi connectivity index (χ4n) is 4.49. The van der Waals surface area contributed by atoms with Gasteiger partial charge in [0.2, 0.25) is 0 Å². The largest absolute Gasteiger partial charge is 0.504 e. The van der Waals surface area contributed by atoms with Crippen LogP contribution >= 0.6 is 23.5 Å². The summed E-state index contributed by atoms with van der Waals surface area (Å²) in [5.74, 6) is 3.34. The van der Waals surface area contributed by atoms with Crippen LogP contribution in [0.15, 0.2) is 23.5 Å². The Morgan fingerprint density at radius 3 is 2.84 bits per heavy atom. The molecule has 0 aromatic heterocycles. The van der Waals surface area contributed by atoms with E-state index in [0.717, 1.165) is 6.04 Å². The number of rotatable bonds is 1. The number of hydrogen-bond acceptors (Lipinski definition) is 4. The lowest BCUT2D eigenvalue weighted by Gasteiger charge is -2.49. The average molecular weight is 295 g/mol. The summed E-state index contributed by atoms with van der Waals surface area (Å²) in [6, 6.07) is 1.43. The van der Waals surface area contributed by atoms with Crippen molar-refractivity contribution in [3.8, 4) is 0 Å². The fraction of sp³-hybridized carbons (Fsp3) is 0.733. The van der Waals surface area contributed by atoms with Crippen LogP contribution in [0.5, 0.6) is 0 Å². The van der Waals surface area contributed by atoms with Crippen molar-refractivity contribution in [3.05, 3.63) is 23.5 Å². The fourth-order valence-corrected chi connectivity index (χ4v) is 8.08. The van der Waals surface area contributed by atoms with Crippen LogP contribution in [-0.4, -0.2) is 46.2 Å². The second-order valence-corrected chi connectivity index (χ2v) is 9.03. The number of hydrogen-bond donors (Lipinski definition) is 0. The predicted octanol–water partition coefficient (Wildman–Crippen LogP) is 3.12. The molecule has 5 aliphatic rings. The van der Waals surface area contributed by atoms with E-state index >= 15 is 0 Å². The van der Waals surface area contributed by atoms with E-state index in [4.69, 9.17) is 4.74 Å². The van der Waals surface area contributed by atoms with Crippen molar-refractivity contribution in [2.75, 3.05) is 25.2 Å². The molecular formula is C15H21NOS2. The van der Waals surface area contributed by atoms with E-state index in [-0.39, 0.29) is 0 Å². The molecule has 0 radical (unpaired) electrons. The molecule has 2 nitrogen and oxygen atoms in total. The molecule has 104 valence electrons. The summed E-state index contributed by atoms with van der Waals surface area (Å²) in [7, 11) is 1.79. The van der Waals surface area contributed by atoms with Gasteiger partial charge in [0.05, 0.1) is 17.5 Å². The first-order valence-electron chi connectivity index (χ1n) is 7.20. The van der Waals surface area contributed by atoms with Crippen molar-refractivity contribution in [1.29, 1.82) is 0 Å². The Balaban J connectivity index is 1.75. The van der Waals surface area contributed by atoms with Gasteiger partial charge < -0.3 is 4.74 Å². The zero-order valence-corrected chi connectivity index (χ0v) is 13.2. The molecule has 19 heavy (non-hydrogen) atoms. The molecule has 1 spiro atoms. The van der Waals surface area contributed by atoms with Gasteiger partial charge in [0.15, 0.2) is 0 Å². The van der Waals surface area contributed by atoms with Gasteiger partial charge in [-0.05, 0) is 25.3 Å². The minimum atomic E-state index is 0.492. The highest BCUT2D eigenvalue weighted by Gasteiger charge is 2.62. The number of piperidine rings is 3. The average Bonchev–Trinajstić information content (AvgIpc) is 2.99. The van der Waals surface area contributed by atoms with Crippen LogP contribution in [0.3, 0.4) is 0 Å². The highest BCUT2D eigenvalue weighted by molar-refractivity contribution is 8.21. The number of methoxy groups -OCH3 is 1. The third kappa shape index (κ3) is 1.63. The Bertz CT molecular complexity index is 453. The first-order valence-corrected chi connectivity index (χ1v) is 9.17. The minimum absolute atomic E-state index is 0.492. The molecular weight excluding hydrogens is 274 g/mol. The van der Waals surface area contributed by atoms with Gasteiger partial charge in [-0.15, -0.1) is 23.5 Å². The lowest BCUT2D eigenvalue weighted by atomic mass is 9.76. The molecule has 5 heterocycles. The Morgan fingerprint density at radius 2 is 2.16 bits per heavy atom. The Kier molecular flexibility index (Phi) is 2.98. The van der Waals surface area contributed by atoms with Crippen LogP contribution in [0, 0.1) is 5.92 Å².